The van der Waals surface area contributed by atoms with Crippen LogP contribution in [-0.2, 0) is 25.8 Å². The molecule has 0 saturated carbocycles. The van der Waals surface area contributed by atoms with Crippen molar-refractivity contribution in [2.24, 2.45) is 0 Å². The van der Waals surface area contributed by atoms with Crippen molar-refractivity contribution >= 4 is 11.9 Å². The van der Waals surface area contributed by atoms with Gasteiger partial charge in [0.15, 0.2) is 0 Å². The Kier molecular flexibility index (Phi) is 6.36. The van der Waals surface area contributed by atoms with E-state index in [4.69, 9.17) is 9.97 Å². The highest BCUT2D eigenvalue weighted by Crippen LogP contribution is 2.26. The van der Waals surface area contributed by atoms with Gasteiger partial charge in [0.1, 0.15) is 5.69 Å². The number of likely N-dealkylation sites (N-methyl/N-ethyl adjacent to an activating group) is 1. The lowest BCUT2D eigenvalue weighted by atomic mass is 10.0. The Bertz CT molecular complexity index is 1020. The number of aromatic amines is 1. The number of nitrogens with zero attached hydrogens (tertiary/aromatic N) is 4. The van der Waals surface area contributed by atoms with Crippen molar-refractivity contribution in [1.82, 2.24) is 25.2 Å². The van der Waals surface area contributed by atoms with Gasteiger partial charge in [-0.1, -0.05) is 13.3 Å². The number of pyridine rings is 1. The molecule has 4 rings (SSSR count). The monoisotopic (exact) mass is 424 g/mol. The highest BCUT2D eigenvalue weighted by molar-refractivity contribution is 5.94. The van der Waals surface area contributed by atoms with Gasteiger partial charge in [0.25, 0.3) is 11.5 Å². The molecule has 0 aromatic carbocycles. The average molecular weight is 425 g/mol. The Morgan fingerprint density at radius 1 is 1.19 bits per heavy atom. The summed E-state index contributed by atoms with van der Waals surface area (Å²) in [7, 11) is 2.11. The fourth-order valence-electron chi connectivity index (χ4n) is 4.48. The van der Waals surface area contributed by atoms with Crippen LogP contribution in [-0.4, -0.2) is 59.0 Å². The molecule has 0 radical (unpaired) electrons. The minimum absolute atomic E-state index is 0.130. The molecule has 1 aliphatic heterocycles. The molecule has 8 nitrogen and oxygen atoms in total. The Labute approximate surface area is 183 Å². The summed E-state index contributed by atoms with van der Waals surface area (Å²) in [6.45, 7) is 7.80. The van der Waals surface area contributed by atoms with E-state index < -0.39 is 0 Å². The van der Waals surface area contributed by atoms with E-state index in [1.807, 2.05) is 13.0 Å². The number of amides is 1. The van der Waals surface area contributed by atoms with Gasteiger partial charge in [-0.15, -0.1) is 0 Å². The smallest absolute Gasteiger partial charge is 0.270 e. The van der Waals surface area contributed by atoms with Gasteiger partial charge in [-0.2, -0.15) is 0 Å². The van der Waals surface area contributed by atoms with Crippen molar-refractivity contribution in [3.63, 3.8) is 0 Å². The van der Waals surface area contributed by atoms with E-state index in [0.29, 0.717) is 17.2 Å². The van der Waals surface area contributed by atoms with Crippen LogP contribution in [0.4, 0.5) is 5.95 Å². The zero-order chi connectivity index (χ0) is 22.0. The van der Waals surface area contributed by atoms with Gasteiger partial charge in [0, 0.05) is 55.2 Å². The quantitative estimate of drug-likeness (QED) is 0.732. The maximum atomic E-state index is 13.2. The number of fused-ring (bicyclic) bond motifs is 1. The van der Waals surface area contributed by atoms with Crippen LogP contribution in [0.2, 0.25) is 0 Å². The third-order valence-electron chi connectivity index (χ3n) is 6.23. The summed E-state index contributed by atoms with van der Waals surface area (Å²) in [5.74, 6) is 0.428. The van der Waals surface area contributed by atoms with Crippen LogP contribution in [0.1, 0.15) is 58.3 Å². The first-order valence-corrected chi connectivity index (χ1v) is 11.3. The number of nitrogens with one attached hydrogen (secondary N) is 2. The molecule has 2 aliphatic rings. The third-order valence-corrected chi connectivity index (χ3v) is 6.23. The number of carbonyl (C=O) groups is 1. The summed E-state index contributed by atoms with van der Waals surface area (Å²) in [5, 5.41) is 2.97. The van der Waals surface area contributed by atoms with E-state index in [1.54, 1.807) is 0 Å². The van der Waals surface area contributed by atoms with Crippen LogP contribution in [0, 0.1) is 6.92 Å². The lowest BCUT2D eigenvalue weighted by Gasteiger charge is -2.32. The number of carbonyl (C=O) groups excluding carboxylic acids is 1. The predicted octanol–water partition coefficient (Wildman–Crippen LogP) is 1.60. The van der Waals surface area contributed by atoms with Crippen LogP contribution in [0.5, 0.6) is 0 Å². The second kappa shape index (κ2) is 9.18. The lowest BCUT2D eigenvalue weighted by molar-refractivity contribution is 0.0944. The molecular formula is C23H32N6O2. The SMILES string of the molecule is CCCc1cc(C)[nH]c(=O)c1CNC(=O)c1nc(N2CCN(C)CC2)nc2c1CCC2. The number of rotatable bonds is 6. The fourth-order valence-corrected chi connectivity index (χ4v) is 4.48. The molecule has 166 valence electrons. The number of aromatic nitrogens is 3. The van der Waals surface area contributed by atoms with Crippen molar-refractivity contribution in [3.05, 3.63) is 50.2 Å². The normalized spacial score (nSPS) is 16.4. The zero-order valence-corrected chi connectivity index (χ0v) is 18.8. The summed E-state index contributed by atoms with van der Waals surface area (Å²) in [6, 6.07) is 2.00. The number of H-pyrrole nitrogens is 1. The van der Waals surface area contributed by atoms with Crippen LogP contribution in [0.25, 0.3) is 0 Å². The summed E-state index contributed by atoms with van der Waals surface area (Å²) in [4.78, 5) is 42.5. The highest BCUT2D eigenvalue weighted by atomic mass is 16.2. The second-order valence-electron chi connectivity index (χ2n) is 8.66. The average Bonchev–Trinajstić information content (AvgIpc) is 3.21. The van der Waals surface area contributed by atoms with E-state index in [0.717, 1.165) is 80.8 Å². The Balaban J connectivity index is 1.57. The Hall–Kier alpha value is -2.74. The van der Waals surface area contributed by atoms with E-state index in [9.17, 15) is 9.59 Å². The van der Waals surface area contributed by atoms with Crippen molar-refractivity contribution in [1.29, 1.82) is 0 Å². The molecule has 2 N–H and O–H groups in total. The summed E-state index contributed by atoms with van der Waals surface area (Å²) in [6.07, 6.45) is 4.46. The summed E-state index contributed by atoms with van der Waals surface area (Å²) in [5.41, 5.74) is 4.76. The maximum Gasteiger partial charge on any atom is 0.270 e. The molecule has 0 unspecified atom stereocenters. The molecule has 0 bridgehead atoms. The van der Waals surface area contributed by atoms with Crippen molar-refractivity contribution in [2.45, 2.75) is 52.5 Å². The largest absolute Gasteiger partial charge is 0.346 e. The number of anilines is 1. The van der Waals surface area contributed by atoms with E-state index in [2.05, 4.69) is 34.1 Å². The topological polar surface area (TPSA) is 94.2 Å². The molecular weight excluding hydrogens is 392 g/mol. The maximum absolute atomic E-state index is 13.2. The minimum atomic E-state index is -0.224. The lowest BCUT2D eigenvalue weighted by Crippen LogP contribution is -2.45. The van der Waals surface area contributed by atoms with Crippen LogP contribution in [0.15, 0.2) is 10.9 Å². The molecule has 31 heavy (non-hydrogen) atoms. The standard InChI is InChI=1S/C23H32N6O2/c1-4-6-16-13-15(2)25-21(30)18(16)14-24-22(31)20-17-7-5-8-19(17)26-23(27-20)29-11-9-28(3)10-12-29/h13H,4-12,14H2,1-3H3,(H,24,31)(H,25,30). The fraction of sp³-hybridized carbons (Fsp3) is 0.565. The number of hydrogen-bond acceptors (Lipinski definition) is 6. The van der Waals surface area contributed by atoms with Gasteiger partial charge in [0.2, 0.25) is 5.95 Å². The molecule has 1 amide bonds. The second-order valence-corrected chi connectivity index (χ2v) is 8.66. The van der Waals surface area contributed by atoms with E-state index in [1.165, 1.54) is 0 Å². The number of piperazine rings is 1. The molecule has 1 fully saturated rings. The van der Waals surface area contributed by atoms with E-state index in [-0.39, 0.29) is 18.0 Å². The Morgan fingerprint density at radius 2 is 1.97 bits per heavy atom. The Morgan fingerprint density at radius 3 is 2.71 bits per heavy atom. The van der Waals surface area contributed by atoms with Crippen molar-refractivity contribution in [2.75, 3.05) is 38.1 Å². The van der Waals surface area contributed by atoms with Gasteiger partial charge in [0.05, 0.1) is 0 Å². The first-order chi connectivity index (χ1) is 15.0. The van der Waals surface area contributed by atoms with Crippen LogP contribution >= 0.6 is 0 Å². The summed E-state index contributed by atoms with van der Waals surface area (Å²) < 4.78 is 0. The van der Waals surface area contributed by atoms with Crippen molar-refractivity contribution < 1.29 is 4.79 Å². The van der Waals surface area contributed by atoms with Crippen LogP contribution in [0.3, 0.4) is 0 Å². The van der Waals surface area contributed by atoms with Gasteiger partial charge in [-0.25, -0.2) is 9.97 Å². The molecule has 8 heteroatoms. The zero-order valence-electron chi connectivity index (χ0n) is 18.8. The molecule has 0 spiro atoms. The third kappa shape index (κ3) is 4.63. The van der Waals surface area contributed by atoms with Gasteiger partial charge in [-0.05, 0) is 51.3 Å². The minimum Gasteiger partial charge on any atom is -0.346 e. The predicted molar refractivity (Wildman–Crippen MR) is 121 cm³/mol. The molecule has 1 aliphatic carbocycles. The van der Waals surface area contributed by atoms with E-state index >= 15 is 0 Å². The number of aryl methyl sites for hydroxylation is 3. The molecule has 0 atom stereocenters. The molecule has 2 aromatic heterocycles. The first kappa shape index (κ1) is 21.5. The van der Waals surface area contributed by atoms with Gasteiger partial charge >= 0.3 is 0 Å². The molecule has 1 saturated heterocycles. The number of hydrogen-bond donors (Lipinski definition) is 2. The summed E-state index contributed by atoms with van der Waals surface area (Å²) >= 11 is 0. The first-order valence-electron chi connectivity index (χ1n) is 11.3. The molecule has 2 aromatic rings. The van der Waals surface area contributed by atoms with Crippen LogP contribution < -0.4 is 15.8 Å². The van der Waals surface area contributed by atoms with Gasteiger partial charge < -0.3 is 20.1 Å². The van der Waals surface area contributed by atoms with Gasteiger partial charge in [-0.3, -0.25) is 9.59 Å². The molecule has 3 heterocycles. The highest BCUT2D eigenvalue weighted by Gasteiger charge is 2.26. The van der Waals surface area contributed by atoms with Crippen molar-refractivity contribution in [3.8, 4) is 0 Å².